The van der Waals surface area contributed by atoms with Gasteiger partial charge in [-0.25, -0.2) is 13.2 Å². The number of nitrogens with one attached hydrogen (secondary N) is 1. The first-order valence-electron chi connectivity index (χ1n) is 6.37. The maximum Gasteiger partial charge on any atom is 0.317 e. The highest BCUT2D eigenvalue weighted by molar-refractivity contribution is 7.91. The van der Waals surface area contributed by atoms with Crippen LogP contribution in [0.2, 0.25) is 0 Å². The first kappa shape index (κ1) is 14.1. The number of carbonyl (C=O) groups is 2. The van der Waals surface area contributed by atoms with Crippen molar-refractivity contribution in [2.24, 2.45) is 0 Å². The molecule has 7 nitrogen and oxygen atoms in total. The molecule has 0 radical (unpaired) electrons. The summed E-state index contributed by atoms with van der Waals surface area (Å²) in [5.74, 6) is -0.833. The van der Waals surface area contributed by atoms with Crippen LogP contribution in [0.25, 0.3) is 0 Å². The molecule has 2 fully saturated rings. The van der Waals surface area contributed by atoms with E-state index in [4.69, 9.17) is 5.11 Å². The van der Waals surface area contributed by atoms with Crippen molar-refractivity contribution in [1.29, 1.82) is 0 Å². The Labute approximate surface area is 111 Å². The molecule has 2 rings (SSSR count). The van der Waals surface area contributed by atoms with Gasteiger partial charge in [-0.05, 0) is 19.3 Å². The van der Waals surface area contributed by atoms with E-state index in [1.807, 2.05) is 0 Å². The summed E-state index contributed by atoms with van der Waals surface area (Å²) in [5.41, 5.74) is 0. The molecule has 0 aromatic rings. The van der Waals surface area contributed by atoms with Gasteiger partial charge in [-0.15, -0.1) is 0 Å². The zero-order valence-electron chi connectivity index (χ0n) is 10.5. The second-order valence-corrected chi connectivity index (χ2v) is 7.37. The number of hydrogen-bond donors (Lipinski definition) is 2. The van der Waals surface area contributed by atoms with Crippen molar-refractivity contribution in [2.75, 3.05) is 18.1 Å². The molecule has 0 bridgehead atoms. The number of nitrogens with zero attached hydrogens (tertiary/aromatic N) is 1. The number of likely N-dealkylation sites (tertiary alicyclic amines) is 1. The standard InChI is InChI=1S/C11H18N2O5S/c14-10(15)6-9-2-1-4-13(9)11(16)12-8-3-5-19(17,18)7-8/h8-9H,1-7H2,(H,12,16)(H,14,15). The smallest absolute Gasteiger partial charge is 0.317 e. The van der Waals surface area contributed by atoms with E-state index in [9.17, 15) is 18.0 Å². The second kappa shape index (κ2) is 5.36. The fraction of sp³-hybridized carbons (Fsp3) is 0.818. The van der Waals surface area contributed by atoms with Crippen molar-refractivity contribution in [3.05, 3.63) is 0 Å². The Bertz CT molecular complexity index is 475. The molecular weight excluding hydrogens is 272 g/mol. The highest BCUT2D eigenvalue weighted by Gasteiger charge is 2.34. The number of rotatable bonds is 3. The van der Waals surface area contributed by atoms with Crippen LogP contribution in [0.4, 0.5) is 4.79 Å². The molecule has 0 aliphatic carbocycles. The molecule has 2 aliphatic rings. The third kappa shape index (κ3) is 3.59. The molecule has 2 N–H and O–H groups in total. The largest absolute Gasteiger partial charge is 0.481 e. The lowest BCUT2D eigenvalue weighted by molar-refractivity contribution is -0.137. The minimum absolute atomic E-state index is 0.0177. The van der Waals surface area contributed by atoms with Crippen LogP contribution in [0.5, 0.6) is 0 Å². The van der Waals surface area contributed by atoms with E-state index in [1.54, 1.807) is 0 Å². The van der Waals surface area contributed by atoms with Crippen LogP contribution in [-0.4, -0.2) is 60.6 Å². The number of hydrogen-bond acceptors (Lipinski definition) is 4. The Kier molecular flexibility index (Phi) is 3.98. The molecule has 0 spiro atoms. The minimum Gasteiger partial charge on any atom is -0.481 e. The second-order valence-electron chi connectivity index (χ2n) is 5.14. The van der Waals surface area contributed by atoms with E-state index in [2.05, 4.69) is 5.32 Å². The van der Waals surface area contributed by atoms with Crippen LogP contribution in [0.15, 0.2) is 0 Å². The topological polar surface area (TPSA) is 104 Å². The third-order valence-corrected chi connectivity index (χ3v) is 5.38. The third-order valence-electron chi connectivity index (χ3n) is 3.61. The molecule has 108 valence electrons. The highest BCUT2D eigenvalue weighted by Crippen LogP contribution is 2.21. The van der Waals surface area contributed by atoms with Crippen molar-refractivity contribution < 1.29 is 23.1 Å². The van der Waals surface area contributed by atoms with Gasteiger partial charge in [0.15, 0.2) is 9.84 Å². The van der Waals surface area contributed by atoms with Gasteiger partial charge in [0.25, 0.3) is 0 Å². The van der Waals surface area contributed by atoms with Crippen molar-refractivity contribution in [1.82, 2.24) is 10.2 Å². The number of carboxylic acids is 1. The van der Waals surface area contributed by atoms with Crippen LogP contribution in [0.3, 0.4) is 0 Å². The van der Waals surface area contributed by atoms with Gasteiger partial charge in [0, 0.05) is 18.6 Å². The minimum atomic E-state index is -3.02. The number of aliphatic carboxylic acids is 1. The van der Waals surface area contributed by atoms with Crippen LogP contribution in [-0.2, 0) is 14.6 Å². The van der Waals surface area contributed by atoms with Crippen molar-refractivity contribution in [2.45, 2.75) is 37.8 Å². The SMILES string of the molecule is O=C(O)CC1CCCN1C(=O)NC1CCS(=O)(=O)C1. The number of carboxylic acid groups (broad SMARTS) is 1. The van der Waals surface area contributed by atoms with Gasteiger partial charge < -0.3 is 15.3 Å². The molecule has 0 aromatic heterocycles. The number of carbonyl (C=O) groups excluding carboxylic acids is 1. The Morgan fingerprint density at radius 1 is 1.32 bits per heavy atom. The fourth-order valence-electron chi connectivity index (χ4n) is 2.68. The van der Waals surface area contributed by atoms with Gasteiger partial charge in [0.1, 0.15) is 0 Å². The maximum absolute atomic E-state index is 12.0. The molecule has 2 heterocycles. The normalized spacial score (nSPS) is 29.4. The summed E-state index contributed by atoms with van der Waals surface area (Å²) < 4.78 is 22.6. The molecule has 2 aliphatic heterocycles. The first-order chi connectivity index (χ1) is 8.87. The molecule has 19 heavy (non-hydrogen) atoms. The molecule has 2 unspecified atom stereocenters. The van der Waals surface area contributed by atoms with Gasteiger partial charge >= 0.3 is 12.0 Å². The summed E-state index contributed by atoms with van der Waals surface area (Å²) >= 11 is 0. The lowest BCUT2D eigenvalue weighted by Crippen LogP contribution is -2.47. The molecule has 0 aromatic carbocycles. The van der Waals surface area contributed by atoms with E-state index >= 15 is 0 Å². The molecule has 2 atom stereocenters. The van der Waals surface area contributed by atoms with E-state index in [-0.39, 0.29) is 36.0 Å². The molecule has 8 heteroatoms. The van der Waals surface area contributed by atoms with Crippen LogP contribution in [0.1, 0.15) is 25.7 Å². The lowest BCUT2D eigenvalue weighted by atomic mass is 10.1. The number of sulfone groups is 1. The van der Waals surface area contributed by atoms with E-state index in [0.717, 1.165) is 6.42 Å². The van der Waals surface area contributed by atoms with Crippen LogP contribution < -0.4 is 5.32 Å². The average Bonchev–Trinajstić information content (AvgIpc) is 2.84. The molecule has 2 amide bonds. The van der Waals surface area contributed by atoms with Gasteiger partial charge in [0.2, 0.25) is 0 Å². The number of urea groups is 1. The van der Waals surface area contributed by atoms with Gasteiger partial charge in [-0.2, -0.15) is 0 Å². The number of amides is 2. The summed E-state index contributed by atoms with van der Waals surface area (Å²) in [5, 5.41) is 11.5. The quantitative estimate of drug-likeness (QED) is 0.750. The van der Waals surface area contributed by atoms with Crippen molar-refractivity contribution >= 4 is 21.8 Å². The summed E-state index contributed by atoms with van der Waals surface area (Å²) in [6, 6.07) is -0.968. The Hall–Kier alpha value is -1.31. The predicted molar refractivity (Wildman–Crippen MR) is 67.6 cm³/mol. The van der Waals surface area contributed by atoms with Crippen molar-refractivity contribution in [3.63, 3.8) is 0 Å². The summed E-state index contributed by atoms with van der Waals surface area (Å²) in [6.07, 6.45) is 1.85. The van der Waals surface area contributed by atoms with E-state index in [0.29, 0.717) is 19.4 Å². The molecule has 2 saturated heterocycles. The zero-order valence-corrected chi connectivity index (χ0v) is 11.4. The molecule has 0 saturated carbocycles. The summed E-state index contributed by atoms with van der Waals surface area (Å²) in [6.45, 7) is 0.531. The Morgan fingerprint density at radius 2 is 2.05 bits per heavy atom. The maximum atomic E-state index is 12.0. The first-order valence-corrected chi connectivity index (χ1v) is 8.19. The average molecular weight is 290 g/mol. The van der Waals surface area contributed by atoms with E-state index < -0.39 is 15.8 Å². The molecular formula is C11H18N2O5S. The van der Waals surface area contributed by atoms with Crippen molar-refractivity contribution in [3.8, 4) is 0 Å². The van der Waals surface area contributed by atoms with Gasteiger partial charge in [-0.1, -0.05) is 0 Å². The lowest BCUT2D eigenvalue weighted by Gasteiger charge is -2.25. The van der Waals surface area contributed by atoms with E-state index in [1.165, 1.54) is 4.90 Å². The summed E-state index contributed by atoms with van der Waals surface area (Å²) in [4.78, 5) is 24.3. The zero-order chi connectivity index (χ0) is 14.0. The van der Waals surface area contributed by atoms with Crippen LogP contribution in [0, 0.1) is 0 Å². The monoisotopic (exact) mass is 290 g/mol. The predicted octanol–water partition coefficient (Wildman–Crippen LogP) is -0.178. The fourth-order valence-corrected chi connectivity index (χ4v) is 4.36. The highest BCUT2D eigenvalue weighted by atomic mass is 32.2. The van der Waals surface area contributed by atoms with Crippen LogP contribution >= 0.6 is 0 Å². The Balaban J connectivity index is 1.90. The Morgan fingerprint density at radius 3 is 2.63 bits per heavy atom. The van der Waals surface area contributed by atoms with Gasteiger partial charge in [0.05, 0.1) is 17.9 Å². The van der Waals surface area contributed by atoms with Gasteiger partial charge in [-0.3, -0.25) is 4.79 Å². The summed E-state index contributed by atoms with van der Waals surface area (Å²) in [7, 11) is -3.02.